The summed E-state index contributed by atoms with van der Waals surface area (Å²) in [4.78, 5) is 24.9. The Bertz CT molecular complexity index is 925. The molecule has 0 aliphatic rings. The predicted octanol–water partition coefficient (Wildman–Crippen LogP) is 14.3. The van der Waals surface area contributed by atoms with E-state index < -0.39 is 13.9 Å². The Kier molecular flexibility index (Phi) is 41.1. The smallest absolute Gasteiger partial charge is 0.305 e. The van der Waals surface area contributed by atoms with Crippen LogP contribution < -0.4 is 4.89 Å². The Hall–Kier alpha value is -0.920. The van der Waals surface area contributed by atoms with Crippen molar-refractivity contribution in [1.82, 2.24) is 0 Å². The lowest BCUT2D eigenvalue weighted by Crippen LogP contribution is -2.37. The number of carbonyl (C=O) groups excluding carboxylic acids is 1. The van der Waals surface area contributed by atoms with E-state index in [4.69, 9.17) is 18.5 Å². The Labute approximate surface area is 354 Å². The first-order valence-electron chi connectivity index (χ1n) is 24.5. The molecule has 57 heavy (non-hydrogen) atoms. The second-order valence-electron chi connectivity index (χ2n) is 17.9. The lowest BCUT2D eigenvalue weighted by Gasteiger charge is -2.28. The number of unbranched alkanes of at least 4 members (excludes halogenated alkanes) is 32. The van der Waals surface area contributed by atoms with E-state index in [0.717, 1.165) is 32.1 Å². The number of nitrogens with zero attached hydrogens (tertiary/aromatic N) is 1. The zero-order chi connectivity index (χ0) is 42.0. The number of phosphoric ester groups is 1. The number of rotatable bonds is 46. The summed E-state index contributed by atoms with van der Waals surface area (Å²) in [5, 5.41) is 0. The summed E-state index contributed by atoms with van der Waals surface area (Å²) < 4.78 is 34.4. The second kappa shape index (κ2) is 41.8. The van der Waals surface area contributed by atoms with Crippen LogP contribution >= 0.6 is 7.82 Å². The maximum absolute atomic E-state index is 12.5. The highest BCUT2D eigenvalue weighted by atomic mass is 31.2. The topological polar surface area (TPSA) is 94.1 Å². The average Bonchev–Trinajstić information content (AvgIpc) is 3.17. The van der Waals surface area contributed by atoms with Crippen molar-refractivity contribution in [3.05, 3.63) is 12.3 Å². The molecule has 2 unspecified atom stereocenters. The fraction of sp³-hybridized carbons (Fsp3) is 0.938. The lowest BCUT2D eigenvalue weighted by atomic mass is 10.0. The van der Waals surface area contributed by atoms with Crippen molar-refractivity contribution >= 4 is 13.8 Å². The van der Waals surface area contributed by atoms with Crippen molar-refractivity contribution < 1.29 is 37.3 Å². The highest BCUT2D eigenvalue weighted by Gasteiger charge is 2.19. The minimum Gasteiger partial charge on any atom is -0.756 e. The van der Waals surface area contributed by atoms with Crippen LogP contribution in [0.5, 0.6) is 0 Å². The van der Waals surface area contributed by atoms with E-state index in [9.17, 15) is 14.3 Å². The Balaban J connectivity index is 4.11. The molecule has 0 spiro atoms. The molecule has 0 saturated heterocycles. The van der Waals surface area contributed by atoms with Gasteiger partial charge >= 0.3 is 5.97 Å². The molecular formula is C48H96NO7P. The van der Waals surface area contributed by atoms with Gasteiger partial charge in [-0.2, -0.15) is 0 Å². The average molecular weight is 830 g/mol. The van der Waals surface area contributed by atoms with E-state index in [1.165, 1.54) is 186 Å². The molecule has 8 nitrogen and oxygen atoms in total. The van der Waals surface area contributed by atoms with Crippen LogP contribution in [0.3, 0.4) is 0 Å². The van der Waals surface area contributed by atoms with Crippen molar-refractivity contribution in [3.63, 3.8) is 0 Å². The minimum absolute atomic E-state index is 0.0310. The van der Waals surface area contributed by atoms with Gasteiger partial charge in [-0.3, -0.25) is 9.36 Å². The maximum Gasteiger partial charge on any atom is 0.305 e. The number of hydrogen-bond donors (Lipinski definition) is 0. The molecule has 340 valence electrons. The number of allylic oxidation sites excluding steroid dienone is 1. The van der Waals surface area contributed by atoms with Gasteiger partial charge in [-0.15, -0.1) is 0 Å². The van der Waals surface area contributed by atoms with Crippen LogP contribution in [0.25, 0.3) is 0 Å². The van der Waals surface area contributed by atoms with Crippen molar-refractivity contribution in [2.45, 2.75) is 245 Å². The van der Waals surface area contributed by atoms with Crippen LogP contribution in [0.15, 0.2) is 12.3 Å². The highest BCUT2D eigenvalue weighted by Crippen LogP contribution is 2.38. The number of likely N-dealkylation sites (N-methyl/N-ethyl adjacent to an activating group) is 1. The molecule has 0 rings (SSSR count). The molecule has 9 heteroatoms. The van der Waals surface area contributed by atoms with Gasteiger partial charge in [0.15, 0.2) is 6.10 Å². The number of ether oxygens (including phenoxy) is 2. The number of hydrogen-bond acceptors (Lipinski definition) is 7. The maximum atomic E-state index is 12.5. The summed E-state index contributed by atoms with van der Waals surface area (Å²) in [6.45, 7) is 4.76. The first-order valence-corrected chi connectivity index (χ1v) is 25.9. The molecule has 0 aliphatic heterocycles. The van der Waals surface area contributed by atoms with Crippen LogP contribution in [0.4, 0.5) is 0 Å². The summed E-state index contributed by atoms with van der Waals surface area (Å²) in [5.74, 6) is -0.286. The molecule has 2 atom stereocenters. The van der Waals surface area contributed by atoms with Gasteiger partial charge in [-0.25, -0.2) is 0 Å². The molecule has 0 aromatic carbocycles. The fourth-order valence-corrected chi connectivity index (χ4v) is 7.79. The van der Waals surface area contributed by atoms with E-state index in [1.54, 1.807) is 6.26 Å². The predicted molar refractivity (Wildman–Crippen MR) is 240 cm³/mol. The largest absolute Gasteiger partial charge is 0.756 e. The van der Waals surface area contributed by atoms with Gasteiger partial charge in [0.1, 0.15) is 19.8 Å². The van der Waals surface area contributed by atoms with Gasteiger partial charge in [0.05, 0.1) is 34.0 Å². The summed E-state index contributed by atoms with van der Waals surface area (Å²) >= 11 is 0. The monoisotopic (exact) mass is 830 g/mol. The van der Waals surface area contributed by atoms with E-state index in [2.05, 4.69) is 13.8 Å². The summed E-state index contributed by atoms with van der Waals surface area (Å²) in [6, 6.07) is 0. The third kappa shape index (κ3) is 46.0. The molecule has 0 aromatic rings. The molecule has 0 N–H and O–H groups in total. The third-order valence-corrected chi connectivity index (χ3v) is 11.9. The number of quaternary nitrogens is 1. The second-order valence-corrected chi connectivity index (χ2v) is 19.3. The zero-order valence-electron chi connectivity index (χ0n) is 38.6. The highest BCUT2D eigenvalue weighted by molar-refractivity contribution is 7.45. The van der Waals surface area contributed by atoms with Crippen LogP contribution in [0.1, 0.15) is 239 Å². The van der Waals surface area contributed by atoms with Crippen LogP contribution in [-0.4, -0.2) is 64.1 Å². The van der Waals surface area contributed by atoms with Gasteiger partial charge in [-0.05, 0) is 25.3 Å². The molecule has 0 radical (unpaired) electrons. The molecule has 0 aromatic heterocycles. The van der Waals surface area contributed by atoms with Crippen LogP contribution in [0, 0.1) is 0 Å². The van der Waals surface area contributed by atoms with Gasteiger partial charge in [-0.1, -0.05) is 213 Å². The van der Waals surface area contributed by atoms with Gasteiger partial charge in [0.25, 0.3) is 7.82 Å². The van der Waals surface area contributed by atoms with Crippen LogP contribution in [-0.2, 0) is 27.9 Å². The van der Waals surface area contributed by atoms with Crippen molar-refractivity contribution in [1.29, 1.82) is 0 Å². The SMILES string of the molecule is CCCCCCCCCCCCCC/C=C\OC(COC(=O)CCCCCCCCCCCCCCCCCCCCCCC)COP(=O)([O-])OCC[N+](C)(C)C. The van der Waals surface area contributed by atoms with Crippen molar-refractivity contribution in [2.75, 3.05) is 47.5 Å². The summed E-state index contributed by atoms with van der Waals surface area (Å²) in [6.07, 6.45) is 47.6. The Morgan fingerprint density at radius 3 is 1.30 bits per heavy atom. The summed E-state index contributed by atoms with van der Waals surface area (Å²) in [7, 11) is 1.38. The molecule has 0 fully saturated rings. The van der Waals surface area contributed by atoms with Gasteiger partial charge < -0.3 is 27.9 Å². The fourth-order valence-electron chi connectivity index (χ4n) is 7.06. The van der Waals surface area contributed by atoms with Crippen molar-refractivity contribution in [2.24, 2.45) is 0 Å². The van der Waals surface area contributed by atoms with Gasteiger partial charge in [0, 0.05) is 6.42 Å². The zero-order valence-corrected chi connectivity index (χ0v) is 39.5. The molecule has 0 saturated carbocycles. The third-order valence-electron chi connectivity index (χ3n) is 10.9. The number of esters is 1. The van der Waals surface area contributed by atoms with Crippen LogP contribution in [0.2, 0.25) is 0 Å². The summed E-state index contributed by atoms with van der Waals surface area (Å²) in [5.41, 5.74) is 0. The Morgan fingerprint density at radius 2 is 0.912 bits per heavy atom. The molecule has 0 amide bonds. The molecule has 0 bridgehead atoms. The Morgan fingerprint density at radius 1 is 0.544 bits per heavy atom. The van der Waals surface area contributed by atoms with E-state index in [1.807, 2.05) is 27.2 Å². The number of carbonyl (C=O) groups is 1. The number of phosphoric acid groups is 1. The minimum atomic E-state index is -4.51. The van der Waals surface area contributed by atoms with E-state index in [0.29, 0.717) is 17.4 Å². The molecular weight excluding hydrogens is 734 g/mol. The molecule has 0 aliphatic carbocycles. The van der Waals surface area contributed by atoms with E-state index in [-0.39, 0.29) is 25.8 Å². The first kappa shape index (κ1) is 56.1. The first-order chi connectivity index (χ1) is 27.6. The normalized spacial score (nSPS) is 13.6. The molecule has 0 heterocycles. The lowest BCUT2D eigenvalue weighted by molar-refractivity contribution is -0.870. The van der Waals surface area contributed by atoms with Gasteiger partial charge in [0.2, 0.25) is 0 Å². The standard InChI is InChI=1S/C48H96NO7P/c1-6-8-10-12-14-16-18-20-22-23-24-25-26-27-28-29-31-33-35-37-39-41-48(50)54-45-47(46-56-57(51,52)55-44-42-49(3,4)5)53-43-40-38-36-34-32-30-21-19-17-15-13-11-9-7-2/h40,43,47H,6-39,41-42,44-46H2,1-5H3/b43-40-. The quantitative estimate of drug-likeness (QED) is 0.0198. The van der Waals surface area contributed by atoms with E-state index >= 15 is 0 Å². The van der Waals surface area contributed by atoms with Crippen molar-refractivity contribution in [3.8, 4) is 0 Å².